The number of carboxylic acids is 1. The van der Waals surface area contributed by atoms with Gasteiger partial charge in [0.2, 0.25) is 0 Å². The molecule has 0 fully saturated rings. The third kappa shape index (κ3) is 5.69. The van der Waals surface area contributed by atoms with E-state index in [0.717, 1.165) is 5.56 Å². The van der Waals surface area contributed by atoms with E-state index in [2.05, 4.69) is 5.32 Å². The van der Waals surface area contributed by atoms with Crippen molar-refractivity contribution in [3.63, 3.8) is 0 Å². The summed E-state index contributed by atoms with van der Waals surface area (Å²) in [6.07, 6.45) is -0.733. The first-order chi connectivity index (χ1) is 11.8. The molecule has 0 aromatic heterocycles. The van der Waals surface area contributed by atoms with E-state index < -0.39 is 18.7 Å². The average molecular weight is 364 g/mol. The van der Waals surface area contributed by atoms with E-state index in [4.69, 9.17) is 26.2 Å². The molecule has 0 aliphatic rings. The van der Waals surface area contributed by atoms with Crippen LogP contribution in [-0.2, 0) is 9.59 Å². The molecule has 2 aromatic rings. The van der Waals surface area contributed by atoms with Crippen LogP contribution >= 0.6 is 11.6 Å². The molecule has 25 heavy (non-hydrogen) atoms. The summed E-state index contributed by atoms with van der Waals surface area (Å²) in [4.78, 5) is 22.8. The highest BCUT2D eigenvalue weighted by molar-refractivity contribution is 6.30. The molecule has 1 atom stereocenters. The lowest BCUT2D eigenvalue weighted by Gasteiger charge is -2.16. The summed E-state index contributed by atoms with van der Waals surface area (Å²) >= 11 is 5.90. The number of carbonyl (C=O) groups is 2. The lowest BCUT2D eigenvalue weighted by atomic mass is 10.2. The van der Waals surface area contributed by atoms with E-state index in [1.165, 1.54) is 0 Å². The van der Waals surface area contributed by atoms with Gasteiger partial charge in [-0.15, -0.1) is 0 Å². The van der Waals surface area contributed by atoms with E-state index in [1.54, 1.807) is 49.4 Å². The number of amides is 1. The Morgan fingerprint density at radius 1 is 1.24 bits per heavy atom. The first-order valence-corrected chi connectivity index (χ1v) is 7.91. The van der Waals surface area contributed by atoms with Gasteiger partial charge in [0.15, 0.2) is 12.7 Å². The lowest BCUT2D eigenvalue weighted by Crippen LogP contribution is -2.30. The number of aryl methyl sites for hydroxylation is 1. The van der Waals surface area contributed by atoms with Crippen LogP contribution in [0.1, 0.15) is 12.5 Å². The van der Waals surface area contributed by atoms with Crippen molar-refractivity contribution in [2.24, 2.45) is 0 Å². The first kappa shape index (κ1) is 18.6. The molecule has 2 rings (SSSR count). The summed E-state index contributed by atoms with van der Waals surface area (Å²) in [7, 11) is 0. The van der Waals surface area contributed by atoms with Crippen LogP contribution in [-0.4, -0.2) is 29.7 Å². The SMILES string of the molecule is Cc1cc(Cl)ccc1OC(C)C(=O)Nc1cccc(OCC(=O)O)c1. The van der Waals surface area contributed by atoms with Crippen molar-refractivity contribution in [1.29, 1.82) is 0 Å². The van der Waals surface area contributed by atoms with E-state index in [1.807, 2.05) is 6.92 Å². The molecule has 1 unspecified atom stereocenters. The normalized spacial score (nSPS) is 11.5. The molecule has 0 bridgehead atoms. The first-order valence-electron chi connectivity index (χ1n) is 7.53. The molecular weight excluding hydrogens is 346 g/mol. The Bertz CT molecular complexity index is 778. The Morgan fingerprint density at radius 3 is 2.68 bits per heavy atom. The second-order valence-electron chi connectivity index (χ2n) is 5.37. The summed E-state index contributed by atoms with van der Waals surface area (Å²) in [6.45, 7) is 3.02. The van der Waals surface area contributed by atoms with Gasteiger partial charge in [0, 0.05) is 16.8 Å². The highest BCUT2D eigenvalue weighted by Gasteiger charge is 2.16. The molecule has 0 saturated heterocycles. The third-order valence-corrected chi connectivity index (χ3v) is 3.51. The van der Waals surface area contributed by atoms with Gasteiger partial charge >= 0.3 is 5.97 Å². The number of rotatable bonds is 7. The topological polar surface area (TPSA) is 84.9 Å². The number of hydrogen-bond donors (Lipinski definition) is 2. The maximum atomic E-state index is 12.3. The van der Waals surface area contributed by atoms with Crippen LogP contribution in [0.15, 0.2) is 42.5 Å². The zero-order valence-corrected chi connectivity index (χ0v) is 14.5. The molecule has 2 N–H and O–H groups in total. The van der Waals surface area contributed by atoms with Crippen molar-refractivity contribution >= 4 is 29.2 Å². The highest BCUT2D eigenvalue weighted by Crippen LogP contribution is 2.23. The zero-order chi connectivity index (χ0) is 18.4. The van der Waals surface area contributed by atoms with Gasteiger partial charge in [0.25, 0.3) is 5.91 Å². The molecule has 132 valence electrons. The van der Waals surface area contributed by atoms with Crippen LogP contribution in [0.2, 0.25) is 5.02 Å². The van der Waals surface area contributed by atoms with Gasteiger partial charge in [-0.2, -0.15) is 0 Å². The van der Waals surface area contributed by atoms with Gasteiger partial charge in [0.05, 0.1) is 0 Å². The Balaban J connectivity index is 1.98. The summed E-state index contributed by atoms with van der Waals surface area (Å²) in [5.74, 6) is -0.493. The van der Waals surface area contributed by atoms with Gasteiger partial charge < -0.3 is 19.9 Å². The maximum Gasteiger partial charge on any atom is 0.341 e. The molecule has 0 heterocycles. The number of benzene rings is 2. The van der Waals surface area contributed by atoms with Gasteiger partial charge in [-0.3, -0.25) is 4.79 Å². The van der Waals surface area contributed by atoms with Crippen LogP contribution in [0.25, 0.3) is 0 Å². The van der Waals surface area contributed by atoms with Crippen LogP contribution < -0.4 is 14.8 Å². The molecule has 0 aliphatic heterocycles. The fourth-order valence-corrected chi connectivity index (χ4v) is 2.27. The molecule has 0 radical (unpaired) electrons. The number of carbonyl (C=O) groups excluding carboxylic acids is 1. The minimum atomic E-state index is -1.07. The highest BCUT2D eigenvalue weighted by atomic mass is 35.5. The van der Waals surface area contributed by atoms with Gasteiger partial charge in [-0.25, -0.2) is 4.79 Å². The van der Waals surface area contributed by atoms with E-state index in [-0.39, 0.29) is 5.91 Å². The van der Waals surface area contributed by atoms with E-state index in [9.17, 15) is 9.59 Å². The minimum absolute atomic E-state index is 0.343. The summed E-state index contributed by atoms with van der Waals surface area (Å²) < 4.78 is 10.7. The fraction of sp³-hybridized carbons (Fsp3) is 0.222. The van der Waals surface area contributed by atoms with Crippen molar-refractivity contribution in [3.05, 3.63) is 53.1 Å². The average Bonchev–Trinajstić information content (AvgIpc) is 2.55. The number of halogens is 1. The molecule has 1 amide bonds. The van der Waals surface area contributed by atoms with Crippen molar-refractivity contribution in [2.75, 3.05) is 11.9 Å². The fourth-order valence-electron chi connectivity index (χ4n) is 2.04. The Morgan fingerprint density at radius 2 is 2.00 bits per heavy atom. The third-order valence-electron chi connectivity index (χ3n) is 3.27. The predicted molar refractivity (Wildman–Crippen MR) is 94.5 cm³/mol. The number of nitrogens with one attached hydrogen (secondary N) is 1. The number of carboxylic acid groups (broad SMARTS) is 1. The quantitative estimate of drug-likeness (QED) is 0.786. The van der Waals surface area contributed by atoms with Crippen molar-refractivity contribution in [3.8, 4) is 11.5 Å². The molecule has 0 saturated carbocycles. The largest absolute Gasteiger partial charge is 0.482 e. The van der Waals surface area contributed by atoms with Crippen molar-refractivity contribution < 1.29 is 24.2 Å². The minimum Gasteiger partial charge on any atom is -0.482 e. The van der Waals surface area contributed by atoms with Crippen LogP contribution in [0.5, 0.6) is 11.5 Å². The van der Waals surface area contributed by atoms with Crippen LogP contribution in [0.4, 0.5) is 5.69 Å². The molecule has 7 heteroatoms. The zero-order valence-electron chi connectivity index (χ0n) is 13.8. The number of hydrogen-bond acceptors (Lipinski definition) is 4. The van der Waals surface area contributed by atoms with Gasteiger partial charge in [0.1, 0.15) is 11.5 Å². The van der Waals surface area contributed by atoms with Crippen molar-refractivity contribution in [2.45, 2.75) is 20.0 Å². The molecule has 6 nitrogen and oxygen atoms in total. The Kier molecular flexibility index (Phi) is 6.25. The van der Waals surface area contributed by atoms with Crippen LogP contribution in [0, 0.1) is 6.92 Å². The monoisotopic (exact) mass is 363 g/mol. The Labute approximate surface area is 150 Å². The maximum absolute atomic E-state index is 12.3. The second kappa shape index (κ2) is 8.39. The predicted octanol–water partition coefficient (Wildman–Crippen LogP) is 3.52. The molecule has 0 spiro atoms. The Hall–Kier alpha value is -2.73. The van der Waals surface area contributed by atoms with Crippen LogP contribution in [0.3, 0.4) is 0 Å². The smallest absolute Gasteiger partial charge is 0.341 e. The summed E-state index contributed by atoms with van der Waals surface area (Å²) in [6, 6.07) is 11.6. The number of anilines is 1. The summed E-state index contributed by atoms with van der Waals surface area (Å²) in [5, 5.41) is 11.9. The van der Waals surface area contributed by atoms with Gasteiger partial charge in [-0.05, 0) is 49.7 Å². The van der Waals surface area contributed by atoms with E-state index in [0.29, 0.717) is 22.2 Å². The number of ether oxygens (including phenoxy) is 2. The lowest BCUT2D eigenvalue weighted by molar-refractivity contribution is -0.139. The number of aliphatic carboxylic acids is 1. The van der Waals surface area contributed by atoms with Gasteiger partial charge in [-0.1, -0.05) is 17.7 Å². The standard InChI is InChI=1S/C18H18ClNO5/c1-11-8-13(19)6-7-16(11)25-12(2)18(23)20-14-4-3-5-15(9-14)24-10-17(21)22/h3-9,12H,10H2,1-2H3,(H,20,23)(H,21,22). The second-order valence-corrected chi connectivity index (χ2v) is 5.81. The summed E-state index contributed by atoms with van der Waals surface area (Å²) in [5.41, 5.74) is 1.31. The van der Waals surface area contributed by atoms with Crippen molar-refractivity contribution in [1.82, 2.24) is 0 Å². The molecule has 0 aliphatic carbocycles. The molecular formula is C18H18ClNO5. The van der Waals surface area contributed by atoms with E-state index >= 15 is 0 Å². The molecule has 2 aromatic carbocycles.